The lowest BCUT2D eigenvalue weighted by atomic mass is 10.1. The fourth-order valence-electron chi connectivity index (χ4n) is 2.17. The highest BCUT2D eigenvalue weighted by Crippen LogP contribution is 2.23. The van der Waals surface area contributed by atoms with E-state index in [0.717, 1.165) is 17.1 Å². The minimum absolute atomic E-state index is 0.733. The molecule has 0 bridgehead atoms. The zero-order chi connectivity index (χ0) is 13.5. The van der Waals surface area contributed by atoms with Crippen molar-refractivity contribution in [2.75, 3.05) is 0 Å². The third kappa shape index (κ3) is 4.01. The zero-order valence-electron chi connectivity index (χ0n) is 11.4. The number of nitrogens with zero attached hydrogens (tertiary/aromatic N) is 2. The fourth-order valence-corrected chi connectivity index (χ4v) is 3.11. The maximum Gasteiger partial charge on any atom is 0.195 e. The Hall–Kier alpha value is -0.940. The molecule has 0 amide bonds. The first-order valence-electron chi connectivity index (χ1n) is 7.02. The highest BCUT2D eigenvalue weighted by molar-refractivity contribution is 7.71. The van der Waals surface area contributed by atoms with Crippen molar-refractivity contribution < 1.29 is 0 Å². The van der Waals surface area contributed by atoms with Gasteiger partial charge in [0.05, 0.1) is 4.88 Å². The van der Waals surface area contributed by atoms with Crippen LogP contribution < -0.4 is 0 Å². The summed E-state index contributed by atoms with van der Waals surface area (Å²) >= 11 is 7.02. The molecule has 0 radical (unpaired) electrons. The van der Waals surface area contributed by atoms with Crippen LogP contribution in [0.2, 0.25) is 0 Å². The topological polar surface area (TPSA) is 33.6 Å². The van der Waals surface area contributed by atoms with E-state index >= 15 is 0 Å². The van der Waals surface area contributed by atoms with Gasteiger partial charge in [0.15, 0.2) is 10.6 Å². The molecular formula is C14H21N3S2. The Morgan fingerprint density at radius 1 is 1.26 bits per heavy atom. The van der Waals surface area contributed by atoms with Crippen molar-refractivity contribution in [2.45, 2.75) is 52.0 Å². The van der Waals surface area contributed by atoms with E-state index in [2.05, 4.69) is 33.1 Å². The molecule has 5 heteroatoms. The van der Waals surface area contributed by atoms with Crippen LogP contribution in [0.5, 0.6) is 0 Å². The standard InChI is InChI=1S/C14H21N3S2/c1-2-3-4-5-6-7-10-17-13(15-16-14(17)18)12-9-8-11-19-12/h8-9,11H,2-7,10H2,1H3,(H,16,18). The highest BCUT2D eigenvalue weighted by atomic mass is 32.1. The first-order valence-corrected chi connectivity index (χ1v) is 8.30. The number of hydrogen-bond acceptors (Lipinski definition) is 3. The first kappa shape index (κ1) is 14.5. The minimum atomic E-state index is 0.733. The Morgan fingerprint density at radius 2 is 2.05 bits per heavy atom. The third-order valence-corrected chi connectivity index (χ3v) is 4.41. The summed E-state index contributed by atoms with van der Waals surface area (Å²) in [5, 5.41) is 9.32. The quantitative estimate of drug-likeness (QED) is 0.547. The first-order chi connectivity index (χ1) is 9.33. The number of hydrogen-bond donors (Lipinski definition) is 1. The lowest BCUT2D eigenvalue weighted by Gasteiger charge is -2.05. The zero-order valence-corrected chi connectivity index (χ0v) is 13.0. The third-order valence-electron chi connectivity index (χ3n) is 3.24. The van der Waals surface area contributed by atoms with Gasteiger partial charge in [0.2, 0.25) is 0 Å². The number of rotatable bonds is 8. The summed E-state index contributed by atoms with van der Waals surface area (Å²) in [5.74, 6) is 0.980. The molecule has 2 aromatic heterocycles. The molecule has 0 atom stereocenters. The molecule has 0 aliphatic heterocycles. The van der Waals surface area contributed by atoms with Crippen LogP contribution in [0.3, 0.4) is 0 Å². The normalized spacial score (nSPS) is 11.0. The molecule has 2 rings (SSSR count). The van der Waals surface area contributed by atoms with E-state index in [4.69, 9.17) is 12.2 Å². The van der Waals surface area contributed by atoms with Crippen LogP contribution in [0.15, 0.2) is 17.5 Å². The molecule has 0 saturated heterocycles. The van der Waals surface area contributed by atoms with Crippen molar-refractivity contribution >= 4 is 23.6 Å². The number of nitrogens with one attached hydrogen (secondary N) is 1. The smallest absolute Gasteiger partial charge is 0.195 e. The van der Waals surface area contributed by atoms with Gasteiger partial charge in [0.1, 0.15) is 0 Å². The Balaban J connectivity index is 1.90. The Labute approximate surface area is 123 Å². The molecule has 2 aromatic rings. The van der Waals surface area contributed by atoms with Gasteiger partial charge in [-0.25, -0.2) is 0 Å². The van der Waals surface area contributed by atoms with E-state index in [1.54, 1.807) is 11.3 Å². The molecule has 1 N–H and O–H groups in total. The van der Waals surface area contributed by atoms with Crippen molar-refractivity contribution in [2.24, 2.45) is 0 Å². The molecule has 0 unspecified atom stereocenters. The average molecular weight is 295 g/mol. The van der Waals surface area contributed by atoms with Crippen LogP contribution in [0.4, 0.5) is 0 Å². The molecule has 0 fully saturated rings. The minimum Gasteiger partial charge on any atom is -0.299 e. The Bertz CT molecular complexity index is 525. The van der Waals surface area contributed by atoms with Crippen molar-refractivity contribution in [3.63, 3.8) is 0 Å². The number of thiophene rings is 1. The second-order valence-corrected chi connectivity index (χ2v) is 6.08. The maximum absolute atomic E-state index is 5.32. The molecule has 0 spiro atoms. The lowest BCUT2D eigenvalue weighted by molar-refractivity contribution is 0.557. The largest absolute Gasteiger partial charge is 0.299 e. The molecule has 0 saturated carbocycles. The maximum atomic E-state index is 5.32. The molecule has 104 valence electrons. The van der Waals surface area contributed by atoms with E-state index in [9.17, 15) is 0 Å². The van der Waals surface area contributed by atoms with E-state index in [0.29, 0.717) is 0 Å². The molecule has 19 heavy (non-hydrogen) atoms. The van der Waals surface area contributed by atoms with Crippen molar-refractivity contribution in [3.8, 4) is 10.7 Å². The summed E-state index contributed by atoms with van der Waals surface area (Å²) in [6.45, 7) is 3.22. The van der Waals surface area contributed by atoms with Crippen LogP contribution in [-0.4, -0.2) is 14.8 Å². The van der Waals surface area contributed by atoms with Gasteiger partial charge < -0.3 is 0 Å². The summed E-state index contributed by atoms with van der Waals surface area (Å²) in [6, 6.07) is 4.14. The number of aromatic nitrogens is 3. The van der Waals surface area contributed by atoms with Crippen molar-refractivity contribution in [1.82, 2.24) is 14.8 Å². The second kappa shape index (κ2) is 7.60. The van der Waals surface area contributed by atoms with Gasteiger partial charge in [0, 0.05) is 6.54 Å². The van der Waals surface area contributed by atoms with Crippen molar-refractivity contribution in [3.05, 3.63) is 22.3 Å². The summed E-state index contributed by atoms with van der Waals surface area (Å²) in [5.41, 5.74) is 0. The monoisotopic (exact) mass is 295 g/mol. The average Bonchev–Trinajstić information content (AvgIpc) is 3.04. The van der Waals surface area contributed by atoms with E-state index in [1.807, 2.05) is 6.07 Å². The van der Waals surface area contributed by atoms with Crippen LogP contribution >= 0.6 is 23.6 Å². The Morgan fingerprint density at radius 3 is 2.79 bits per heavy atom. The summed E-state index contributed by atoms with van der Waals surface area (Å²) in [4.78, 5) is 1.18. The van der Waals surface area contributed by atoms with Gasteiger partial charge in [-0.1, -0.05) is 45.1 Å². The number of unbranched alkanes of at least 4 members (excludes halogenated alkanes) is 5. The fraction of sp³-hybridized carbons (Fsp3) is 0.571. The molecule has 3 nitrogen and oxygen atoms in total. The van der Waals surface area contributed by atoms with Crippen LogP contribution in [0.25, 0.3) is 10.7 Å². The second-order valence-electron chi connectivity index (χ2n) is 4.75. The molecule has 0 aliphatic carbocycles. The molecule has 0 aromatic carbocycles. The summed E-state index contributed by atoms with van der Waals surface area (Å²) < 4.78 is 2.86. The Kier molecular flexibility index (Phi) is 5.79. The predicted octanol–water partition coefficient (Wildman–Crippen LogP) is 5.03. The van der Waals surface area contributed by atoms with Gasteiger partial charge >= 0.3 is 0 Å². The number of H-pyrrole nitrogens is 1. The highest BCUT2D eigenvalue weighted by Gasteiger charge is 2.08. The summed E-state index contributed by atoms with van der Waals surface area (Å²) in [7, 11) is 0. The van der Waals surface area contributed by atoms with Gasteiger partial charge in [-0.15, -0.1) is 11.3 Å². The number of aromatic amines is 1. The van der Waals surface area contributed by atoms with Gasteiger partial charge in [-0.05, 0) is 30.1 Å². The van der Waals surface area contributed by atoms with Crippen LogP contribution in [0.1, 0.15) is 45.4 Å². The molecule has 2 heterocycles. The molecular weight excluding hydrogens is 274 g/mol. The predicted molar refractivity (Wildman–Crippen MR) is 84.1 cm³/mol. The summed E-state index contributed by atoms with van der Waals surface area (Å²) in [6.07, 6.45) is 7.78. The van der Waals surface area contributed by atoms with Gasteiger partial charge in [-0.3, -0.25) is 9.67 Å². The van der Waals surface area contributed by atoms with Crippen molar-refractivity contribution in [1.29, 1.82) is 0 Å². The van der Waals surface area contributed by atoms with Crippen LogP contribution in [0, 0.1) is 4.77 Å². The lowest BCUT2D eigenvalue weighted by Crippen LogP contribution is -2.00. The van der Waals surface area contributed by atoms with E-state index in [1.165, 1.54) is 43.4 Å². The van der Waals surface area contributed by atoms with Gasteiger partial charge in [-0.2, -0.15) is 5.10 Å². The molecule has 0 aliphatic rings. The van der Waals surface area contributed by atoms with E-state index in [-0.39, 0.29) is 0 Å². The van der Waals surface area contributed by atoms with Gasteiger partial charge in [0.25, 0.3) is 0 Å². The van der Waals surface area contributed by atoms with Crippen LogP contribution in [-0.2, 0) is 6.54 Å². The SMILES string of the molecule is CCCCCCCCn1c(-c2cccs2)n[nH]c1=S. The van der Waals surface area contributed by atoms with E-state index < -0.39 is 0 Å².